The minimum Gasteiger partial charge on any atom is -0.299 e. The number of Topliss-reactive ketones (excluding diaryl/α,β-unsaturated/α-hetero) is 1. The summed E-state index contributed by atoms with van der Waals surface area (Å²) in [6.45, 7) is 6.62. The van der Waals surface area contributed by atoms with E-state index in [9.17, 15) is 4.79 Å². The molecule has 0 aromatic carbocycles. The molecule has 1 saturated carbocycles. The maximum absolute atomic E-state index is 11.3. The Hall–Kier alpha value is -0.330. The lowest BCUT2D eigenvalue weighted by atomic mass is 9.83. The van der Waals surface area contributed by atoms with Crippen LogP contribution in [0.2, 0.25) is 0 Å². The standard InChI is InChI=1S/C11H20O/c1-4-5-8(2)10-6-7-11(12)9(10)3/h8-10H,4-7H2,1-3H3/t8-,9-,10-/m0/s1. The molecule has 0 unspecified atom stereocenters. The minimum absolute atomic E-state index is 0.339. The SMILES string of the molecule is CCC[C@H](C)[C@@H]1CCC(=O)[C@H]1C. The van der Waals surface area contributed by atoms with E-state index in [2.05, 4.69) is 20.8 Å². The maximum atomic E-state index is 11.3. The molecular formula is C11H20O. The van der Waals surface area contributed by atoms with E-state index in [0.717, 1.165) is 18.8 Å². The average molecular weight is 168 g/mol. The first-order valence-corrected chi connectivity index (χ1v) is 5.19. The van der Waals surface area contributed by atoms with Crippen molar-refractivity contribution in [2.24, 2.45) is 17.8 Å². The van der Waals surface area contributed by atoms with Gasteiger partial charge in [0.15, 0.2) is 0 Å². The molecule has 1 aliphatic carbocycles. The zero-order chi connectivity index (χ0) is 9.14. The van der Waals surface area contributed by atoms with Gasteiger partial charge < -0.3 is 0 Å². The molecule has 70 valence electrons. The summed E-state index contributed by atoms with van der Waals surface area (Å²) < 4.78 is 0. The first-order valence-electron chi connectivity index (χ1n) is 5.19. The monoisotopic (exact) mass is 168 g/mol. The highest BCUT2D eigenvalue weighted by molar-refractivity contribution is 5.83. The Kier molecular flexibility index (Phi) is 3.30. The highest BCUT2D eigenvalue weighted by Gasteiger charge is 2.33. The van der Waals surface area contributed by atoms with Crippen LogP contribution in [0.15, 0.2) is 0 Å². The van der Waals surface area contributed by atoms with Crippen LogP contribution in [0.1, 0.15) is 46.5 Å². The second-order valence-corrected chi connectivity index (χ2v) is 4.22. The zero-order valence-electron chi connectivity index (χ0n) is 8.47. The van der Waals surface area contributed by atoms with Crippen molar-refractivity contribution in [3.8, 4) is 0 Å². The molecule has 1 fully saturated rings. The summed E-state index contributed by atoms with van der Waals surface area (Å²) >= 11 is 0. The number of carbonyl (C=O) groups excluding carboxylic acids is 1. The highest BCUT2D eigenvalue weighted by Crippen LogP contribution is 2.35. The van der Waals surface area contributed by atoms with E-state index in [4.69, 9.17) is 0 Å². The molecule has 3 atom stereocenters. The largest absolute Gasteiger partial charge is 0.299 e. The highest BCUT2D eigenvalue weighted by atomic mass is 16.1. The summed E-state index contributed by atoms with van der Waals surface area (Å²) in [5.74, 6) is 2.25. The normalized spacial score (nSPS) is 32.4. The van der Waals surface area contributed by atoms with Gasteiger partial charge in [0.25, 0.3) is 0 Å². The van der Waals surface area contributed by atoms with Crippen molar-refractivity contribution in [1.29, 1.82) is 0 Å². The number of rotatable bonds is 3. The van der Waals surface area contributed by atoms with Crippen molar-refractivity contribution < 1.29 is 4.79 Å². The van der Waals surface area contributed by atoms with Crippen LogP contribution in [0.5, 0.6) is 0 Å². The van der Waals surface area contributed by atoms with Gasteiger partial charge in [-0.25, -0.2) is 0 Å². The molecule has 0 saturated heterocycles. The predicted octanol–water partition coefficient (Wildman–Crippen LogP) is 3.04. The number of hydrogen-bond donors (Lipinski definition) is 0. The molecule has 1 aliphatic rings. The molecule has 0 heterocycles. The molecule has 0 amide bonds. The number of carbonyl (C=O) groups is 1. The molecule has 0 N–H and O–H groups in total. The molecule has 0 spiro atoms. The Bertz CT molecular complexity index is 162. The Morgan fingerprint density at radius 1 is 1.58 bits per heavy atom. The van der Waals surface area contributed by atoms with Crippen molar-refractivity contribution in [2.75, 3.05) is 0 Å². The van der Waals surface area contributed by atoms with Crippen LogP contribution in [-0.2, 0) is 4.79 Å². The maximum Gasteiger partial charge on any atom is 0.135 e. The summed E-state index contributed by atoms with van der Waals surface area (Å²) in [6.07, 6.45) is 4.50. The number of ketones is 1. The van der Waals surface area contributed by atoms with Crippen LogP contribution in [0.3, 0.4) is 0 Å². The lowest BCUT2D eigenvalue weighted by Gasteiger charge is -2.21. The summed E-state index contributed by atoms with van der Waals surface area (Å²) in [4.78, 5) is 11.3. The van der Waals surface area contributed by atoms with Crippen LogP contribution < -0.4 is 0 Å². The lowest BCUT2D eigenvalue weighted by molar-refractivity contribution is -0.121. The molecule has 0 aromatic rings. The fraction of sp³-hybridized carbons (Fsp3) is 0.909. The van der Waals surface area contributed by atoms with Crippen LogP contribution in [0.25, 0.3) is 0 Å². The molecule has 1 nitrogen and oxygen atoms in total. The number of hydrogen-bond acceptors (Lipinski definition) is 1. The van der Waals surface area contributed by atoms with Crippen molar-refractivity contribution in [1.82, 2.24) is 0 Å². The van der Waals surface area contributed by atoms with E-state index in [0.29, 0.717) is 17.6 Å². The molecule has 0 bridgehead atoms. The van der Waals surface area contributed by atoms with Gasteiger partial charge in [-0.15, -0.1) is 0 Å². The third kappa shape index (κ3) is 1.88. The predicted molar refractivity (Wildman–Crippen MR) is 51.0 cm³/mol. The van der Waals surface area contributed by atoms with Gasteiger partial charge >= 0.3 is 0 Å². The summed E-state index contributed by atoms with van der Waals surface area (Å²) in [6, 6.07) is 0. The minimum atomic E-state index is 0.339. The topological polar surface area (TPSA) is 17.1 Å². The second-order valence-electron chi connectivity index (χ2n) is 4.22. The van der Waals surface area contributed by atoms with E-state index < -0.39 is 0 Å². The van der Waals surface area contributed by atoms with Crippen LogP contribution in [-0.4, -0.2) is 5.78 Å². The molecular weight excluding hydrogens is 148 g/mol. The third-order valence-electron chi connectivity index (χ3n) is 3.35. The average Bonchev–Trinajstić information content (AvgIpc) is 2.34. The second kappa shape index (κ2) is 4.06. The van der Waals surface area contributed by atoms with Gasteiger partial charge in [-0.3, -0.25) is 4.79 Å². The molecule has 12 heavy (non-hydrogen) atoms. The van der Waals surface area contributed by atoms with Gasteiger partial charge in [0, 0.05) is 12.3 Å². The van der Waals surface area contributed by atoms with E-state index in [-0.39, 0.29) is 0 Å². The zero-order valence-corrected chi connectivity index (χ0v) is 8.47. The molecule has 0 aliphatic heterocycles. The third-order valence-corrected chi connectivity index (χ3v) is 3.35. The smallest absolute Gasteiger partial charge is 0.135 e. The van der Waals surface area contributed by atoms with E-state index in [1.54, 1.807) is 0 Å². The first-order chi connectivity index (χ1) is 5.66. The summed E-state index contributed by atoms with van der Waals surface area (Å²) in [5.41, 5.74) is 0. The summed E-state index contributed by atoms with van der Waals surface area (Å²) in [5, 5.41) is 0. The van der Waals surface area contributed by atoms with Crippen molar-refractivity contribution in [3.63, 3.8) is 0 Å². The fourth-order valence-corrected chi connectivity index (χ4v) is 2.47. The van der Waals surface area contributed by atoms with E-state index in [1.165, 1.54) is 12.8 Å². The first kappa shape index (κ1) is 9.76. The van der Waals surface area contributed by atoms with Gasteiger partial charge in [-0.1, -0.05) is 33.6 Å². The van der Waals surface area contributed by atoms with Gasteiger partial charge in [0.2, 0.25) is 0 Å². The fourth-order valence-electron chi connectivity index (χ4n) is 2.47. The van der Waals surface area contributed by atoms with Gasteiger partial charge in [0.05, 0.1) is 0 Å². The van der Waals surface area contributed by atoms with Gasteiger partial charge in [0.1, 0.15) is 5.78 Å². The quantitative estimate of drug-likeness (QED) is 0.633. The van der Waals surface area contributed by atoms with Crippen LogP contribution >= 0.6 is 0 Å². The molecule has 0 radical (unpaired) electrons. The van der Waals surface area contributed by atoms with Crippen LogP contribution in [0, 0.1) is 17.8 Å². The van der Waals surface area contributed by atoms with Crippen LogP contribution in [0.4, 0.5) is 0 Å². The lowest BCUT2D eigenvalue weighted by Crippen LogP contribution is -2.17. The Morgan fingerprint density at radius 3 is 2.67 bits per heavy atom. The van der Waals surface area contributed by atoms with Gasteiger partial charge in [-0.2, -0.15) is 0 Å². The Balaban J connectivity index is 2.47. The van der Waals surface area contributed by atoms with E-state index >= 15 is 0 Å². The van der Waals surface area contributed by atoms with Gasteiger partial charge in [-0.05, 0) is 18.3 Å². The van der Waals surface area contributed by atoms with Crippen molar-refractivity contribution >= 4 is 5.78 Å². The van der Waals surface area contributed by atoms with Crippen molar-refractivity contribution in [2.45, 2.75) is 46.5 Å². The van der Waals surface area contributed by atoms with Crippen molar-refractivity contribution in [3.05, 3.63) is 0 Å². The Morgan fingerprint density at radius 2 is 2.25 bits per heavy atom. The molecule has 0 aromatic heterocycles. The summed E-state index contributed by atoms with van der Waals surface area (Å²) in [7, 11) is 0. The molecule has 1 rings (SSSR count). The van der Waals surface area contributed by atoms with E-state index in [1.807, 2.05) is 0 Å². The Labute approximate surface area is 75.5 Å². The molecule has 1 heteroatoms.